The second kappa shape index (κ2) is 5.04. The monoisotopic (exact) mass is 270 g/mol. The van der Waals surface area contributed by atoms with Crippen molar-refractivity contribution in [3.05, 3.63) is 34.6 Å². The average Bonchev–Trinajstić information content (AvgIpc) is 2.34. The molecule has 0 aliphatic carbocycles. The van der Waals surface area contributed by atoms with Gasteiger partial charge in [-0.15, -0.1) is 0 Å². The number of imide groups is 1. The van der Waals surface area contributed by atoms with E-state index in [2.05, 4.69) is 5.32 Å². The molecule has 1 aliphatic heterocycles. The zero-order valence-electron chi connectivity index (χ0n) is 9.74. The Morgan fingerprint density at radius 1 is 1.50 bits per heavy atom. The number of hydrogen-bond acceptors (Lipinski definition) is 3. The Labute approximate surface area is 109 Å². The van der Waals surface area contributed by atoms with Gasteiger partial charge in [0, 0.05) is 0 Å². The molecule has 1 heterocycles. The highest BCUT2D eigenvalue weighted by atomic mass is 35.5. The van der Waals surface area contributed by atoms with E-state index in [4.69, 9.17) is 11.6 Å². The standard InChI is InChI=1S/C12H12ClFN2O2/c1-7-12(18)16(11(17)5-15-7)6-8-2-3-10(14)9(13)4-8/h2-4,7,15H,5-6H2,1H3. The first-order valence-corrected chi connectivity index (χ1v) is 5.88. The van der Waals surface area contributed by atoms with Crippen molar-refractivity contribution in [2.45, 2.75) is 19.5 Å². The first-order valence-electron chi connectivity index (χ1n) is 5.50. The van der Waals surface area contributed by atoms with Crippen molar-refractivity contribution < 1.29 is 14.0 Å². The van der Waals surface area contributed by atoms with Crippen LogP contribution in [0.2, 0.25) is 5.02 Å². The first kappa shape index (κ1) is 13.0. The Balaban J connectivity index is 2.18. The number of benzene rings is 1. The summed E-state index contributed by atoms with van der Waals surface area (Å²) in [7, 11) is 0. The third kappa shape index (κ3) is 2.52. The van der Waals surface area contributed by atoms with E-state index in [0.717, 1.165) is 4.90 Å². The highest BCUT2D eigenvalue weighted by Gasteiger charge is 2.31. The zero-order valence-corrected chi connectivity index (χ0v) is 10.5. The quantitative estimate of drug-likeness (QED) is 0.825. The first-order chi connectivity index (χ1) is 8.49. The van der Waals surface area contributed by atoms with Crippen molar-refractivity contribution in [2.75, 3.05) is 6.54 Å². The lowest BCUT2D eigenvalue weighted by molar-refractivity contribution is -0.149. The van der Waals surface area contributed by atoms with E-state index in [9.17, 15) is 14.0 Å². The molecule has 1 aromatic rings. The third-order valence-electron chi connectivity index (χ3n) is 2.82. The van der Waals surface area contributed by atoms with E-state index in [1.54, 1.807) is 6.92 Å². The van der Waals surface area contributed by atoms with Gasteiger partial charge in [0.05, 0.1) is 24.2 Å². The minimum absolute atomic E-state index is 0.0180. The Morgan fingerprint density at radius 2 is 2.22 bits per heavy atom. The topological polar surface area (TPSA) is 49.4 Å². The van der Waals surface area contributed by atoms with Gasteiger partial charge in [-0.05, 0) is 24.6 Å². The fraction of sp³-hybridized carbons (Fsp3) is 0.333. The molecule has 0 aromatic heterocycles. The van der Waals surface area contributed by atoms with Crippen LogP contribution >= 0.6 is 11.6 Å². The summed E-state index contributed by atoms with van der Waals surface area (Å²) in [5.41, 5.74) is 0.622. The highest BCUT2D eigenvalue weighted by Crippen LogP contribution is 2.18. The molecular weight excluding hydrogens is 259 g/mol. The van der Waals surface area contributed by atoms with Gasteiger partial charge in [0.15, 0.2) is 0 Å². The summed E-state index contributed by atoms with van der Waals surface area (Å²) < 4.78 is 13.0. The minimum atomic E-state index is -0.522. The van der Waals surface area contributed by atoms with Crippen molar-refractivity contribution in [3.8, 4) is 0 Å². The Bertz CT molecular complexity index is 507. The van der Waals surface area contributed by atoms with Crippen molar-refractivity contribution in [1.82, 2.24) is 10.2 Å². The molecule has 0 radical (unpaired) electrons. The van der Waals surface area contributed by atoms with Crippen LogP contribution in [-0.2, 0) is 16.1 Å². The fourth-order valence-corrected chi connectivity index (χ4v) is 1.97. The molecule has 2 rings (SSSR count). The maximum Gasteiger partial charge on any atom is 0.246 e. The Morgan fingerprint density at radius 3 is 2.89 bits per heavy atom. The van der Waals surface area contributed by atoms with Gasteiger partial charge < -0.3 is 0 Å². The summed E-state index contributed by atoms with van der Waals surface area (Å²) in [6.07, 6.45) is 0. The van der Waals surface area contributed by atoms with E-state index >= 15 is 0 Å². The second-order valence-electron chi connectivity index (χ2n) is 4.17. The van der Waals surface area contributed by atoms with Crippen LogP contribution in [0.1, 0.15) is 12.5 Å². The number of carbonyl (C=O) groups excluding carboxylic acids is 2. The van der Waals surface area contributed by atoms with Gasteiger partial charge in [0.2, 0.25) is 11.8 Å². The summed E-state index contributed by atoms with van der Waals surface area (Å²) in [4.78, 5) is 24.6. The number of carbonyl (C=O) groups is 2. The van der Waals surface area contributed by atoms with Gasteiger partial charge in [-0.1, -0.05) is 17.7 Å². The lowest BCUT2D eigenvalue weighted by Crippen LogP contribution is -2.56. The molecule has 1 unspecified atom stereocenters. The maximum absolute atomic E-state index is 13.0. The second-order valence-corrected chi connectivity index (χ2v) is 4.58. The molecule has 0 saturated carbocycles. The predicted octanol–water partition coefficient (Wildman–Crippen LogP) is 1.33. The number of amides is 2. The highest BCUT2D eigenvalue weighted by molar-refractivity contribution is 6.30. The van der Waals surface area contributed by atoms with Crippen molar-refractivity contribution >= 4 is 23.4 Å². The maximum atomic E-state index is 13.0. The van der Waals surface area contributed by atoms with Crippen molar-refractivity contribution in [2.24, 2.45) is 0 Å². The zero-order chi connectivity index (χ0) is 13.3. The van der Waals surface area contributed by atoms with Gasteiger partial charge in [-0.3, -0.25) is 19.8 Å². The van der Waals surface area contributed by atoms with E-state index in [0.29, 0.717) is 5.56 Å². The van der Waals surface area contributed by atoms with E-state index in [1.807, 2.05) is 0 Å². The molecule has 4 nitrogen and oxygen atoms in total. The van der Waals surface area contributed by atoms with Crippen LogP contribution in [0.4, 0.5) is 4.39 Å². The largest absolute Gasteiger partial charge is 0.298 e. The van der Waals surface area contributed by atoms with Gasteiger partial charge >= 0.3 is 0 Å². The normalized spacial score (nSPS) is 20.4. The molecule has 1 saturated heterocycles. The lowest BCUT2D eigenvalue weighted by atomic mass is 10.1. The summed E-state index contributed by atoms with van der Waals surface area (Å²) in [6, 6.07) is 3.76. The molecule has 1 atom stereocenters. The average molecular weight is 271 g/mol. The van der Waals surface area contributed by atoms with Crippen LogP contribution in [-0.4, -0.2) is 29.3 Å². The number of hydrogen-bond donors (Lipinski definition) is 1. The summed E-state index contributed by atoms with van der Waals surface area (Å²) in [6.45, 7) is 1.94. The van der Waals surface area contributed by atoms with Gasteiger partial charge in [-0.2, -0.15) is 0 Å². The fourth-order valence-electron chi connectivity index (χ4n) is 1.77. The predicted molar refractivity (Wildman–Crippen MR) is 64.4 cm³/mol. The molecule has 0 spiro atoms. The summed E-state index contributed by atoms with van der Waals surface area (Å²) in [5, 5.41) is 2.77. The number of piperazine rings is 1. The molecule has 18 heavy (non-hydrogen) atoms. The molecule has 2 amide bonds. The molecular formula is C12H12ClFN2O2. The van der Waals surface area contributed by atoms with Crippen molar-refractivity contribution in [1.29, 1.82) is 0 Å². The van der Waals surface area contributed by atoms with Crippen LogP contribution < -0.4 is 5.32 Å². The van der Waals surface area contributed by atoms with Crippen LogP contribution in [0, 0.1) is 5.82 Å². The number of halogens is 2. The van der Waals surface area contributed by atoms with E-state index < -0.39 is 11.9 Å². The molecule has 1 aromatic carbocycles. The molecule has 1 fully saturated rings. The summed E-state index contributed by atoms with van der Waals surface area (Å²) >= 11 is 5.66. The summed E-state index contributed by atoms with van der Waals surface area (Å²) in [5.74, 6) is -1.10. The minimum Gasteiger partial charge on any atom is -0.298 e. The Kier molecular flexibility index (Phi) is 3.63. The van der Waals surface area contributed by atoms with Crippen LogP contribution in [0.3, 0.4) is 0 Å². The third-order valence-corrected chi connectivity index (χ3v) is 3.11. The molecule has 1 aliphatic rings. The number of rotatable bonds is 2. The molecule has 96 valence electrons. The van der Waals surface area contributed by atoms with Gasteiger partial charge in [0.1, 0.15) is 5.82 Å². The molecule has 1 N–H and O–H groups in total. The van der Waals surface area contributed by atoms with Crippen LogP contribution in [0.15, 0.2) is 18.2 Å². The van der Waals surface area contributed by atoms with E-state index in [-0.39, 0.29) is 29.9 Å². The molecule has 0 bridgehead atoms. The SMILES string of the molecule is CC1NCC(=O)N(Cc2ccc(F)c(Cl)c2)C1=O. The van der Waals surface area contributed by atoms with E-state index in [1.165, 1.54) is 18.2 Å². The number of nitrogens with zero attached hydrogens (tertiary/aromatic N) is 1. The van der Waals surface area contributed by atoms with Gasteiger partial charge in [-0.25, -0.2) is 4.39 Å². The Hall–Kier alpha value is -1.46. The van der Waals surface area contributed by atoms with Crippen molar-refractivity contribution in [3.63, 3.8) is 0 Å². The molecule has 6 heteroatoms. The lowest BCUT2D eigenvalue weighted by Gasteiger charge is -2.29. The number of nitrogens with one attached hydrogen (secondary N) is 1. The van der Waals surface area contributed by atoms with Crippen LogP contribution in [0.5, 0.6) is 0 Å². The smallest absolute Gasteiger partial charge is 0.246 e. The van der Waals surface area contributed by atoms with Gasteiger partial charge in [0.25, 0.3) is 0 Å². The van der Waals surface area contributed by atoms with Crippen LogP contribution in [0.25, 0.3) is 0 Å².